The van der Waals surface area contributed by atoms with Crippen molar-refractivity contribution in [3.63, 3.8) is 0 Å². The van der Waals surface area contributed by atoms with Gasteiger partial charge in [0.25, 0.3) is 0 Å². The summed E-state index contributed by atoms with van der Waals surface area (Å²) >= 11 is 0. The van der Waals surface area contributed by atoms with Gasteiger partial charge in [0.1, 0.15) is 4.90 Å². The minimum absolute atomic E-state index is 0.235. The summed E-state index contributed by atoms with van der Waals surface area (Å²) < 4.78 is 37.4. The molecule has 5 heteroatoms. The fourth-order valence-corrected chi connectivity index (χ4v) is 6.13. The summed E-state index contributed by atoms with van der Waals surface area (Å²) in [6.45, 7) is 1.76. The quantitative estimate of drug-likeness (QED) is 0.529. The molecule has 0 amide bonds. The highest BCUT2D eigenvalue weighted by Crippen LogP contribution is 2.35. The monoisotopic (exact) mass is 358 g/mol. The molecule has 0 atom stereocenters. The van der Waals surface area contributed by atoms with Gasteiger partial charge in [0.05, 0.1) is 0 Å². The van der Waals surface area contributed by atoms with Crippen molar-refractivity contribution in [3.05, 3.63) is 84.4 Å². The Morgan fingerprint density at radius 1 is 0.792 bits per heavy atom. The van der Waals surface area contributed by atoms with Crippen LogP contribution in [0.25, 0.3) is 0 Å². The summed E-state index contributed by atoms with van der Waals surface area (Å²) in [6.07, 6.45) is 0. The zero-order chi connectivity index (χ0) is 17.2. The third-order valence-electron chi connectivity index (χ3n) is 3.65. The van der Waals surface area contributed by atoms with Crippen molar-refractivity contribution in [2.45, 2.75) is 11.8 Å². The number of benzene rings is 3. The Bertz CT molecular complexity index is 902. The molecule has 0 radical (unpaired) electrons. The molecule has 0 aliphatic carbocycles. The van der Waals surface area contributed by atoms with Gasteiger partial charge in [-0.05, 0) is 37.1 Å². The lowest BCUT2D eigenvalue weighted by atomic mass is 10.2. The van der Waals surface area contributed by atoms with Crippen LogP contribution in [0.5, 0.6) is 0 Å². The topological polar surface area (TPSA) is 34.1 Å². The highest BCUT2D eigenvalue weighted by atomic mass is 32.3. The SMILES string of the molecule is Cc1ccc(P(c2ccccc2)c2ccccc2)c(S(=O)(=O)F)c1. The van der Waals surface area contributed by atoms with Gasteiger partial charge in [-0.15, -0.1) is 3.89 Å². The van der Waals surface area contributed by atoms with E-state index >= 15 is 0 Å². The third kappa shape index (κ3) is 3.55. The van der Waals surface area contributed by atoms with E-state index in [1.54, 1.807) is 13.0 Å². The molecule has 122 valence electrons. The minimum Gasteiger partial charge on any atom is -0.189 e. The van der Waals surface area contributed by atoms with Gasteiger partial charge >= 0.3 is 10.2 Å². The Kier molecular flexibility index (Phi) is 4.79. The molecule has 24 heavy (non-hydrogen) atoms. The van der Waals surface area contributed by atoms with Crippen molar-refractivity contribution >= 4 is 34.1 Å². The molecular formula is C19H16FO2PS. The molecule has 3 aromatic carbocycles. The van der Waals surface area contributed by atoms with Gasteiger partial charge in [0, 0.05) is 5.30 Å². The zero-order valence-electron chi connectivity index (χ0n) is 13.1. The van der Waals surface area contributed by atoms with Crippen molar-refractivity contribution < 1.29 is 12.3 Å². The van der Waals surface area contributed by atoms with E-state index in [4.69, 9.17) is 0 Å². The maximum absolute atomic E-state index is 13.9. The van der Waals surface area contributed by atoms with E-state index in [9.17, 15) is 12.3 Å². The van der Waals surface area contributed by atoms with E-state index < -0.39 is 18.1 Å². The van der Waals surface area contributed by atoms with Crippen molar-refractivity contribution in [1.29, 1.82) is 0 Å². The molecule has 3 aromatic rings. The summed E-state index contributed by atoms with van der Waals surface area (Å²) in [7, 11) is -5.96. The molecule has 3 rings (SSSR count). The first-order chi connectivity index (χ1) is 11.5. The number of rotatable bonds is 4. The van der Waals surface area contributed by atoms with Gasteiger partial charge in [0.2, 0.25) is 0 Å². The summed E-state index contributed by atoms with van der Waals surface area (Å²) in [5.41, 5.74) is 0.714. The summed E-state index contributed by atoms with van der Waals surface area (Å²) in [4.78, 5) is -0.235. The Labute approximate surface area is 142 Å². The maximum Gasteiger partial charge on any atom is 0.332 e. The van der Waals surface area contributed by atoms with Gasteiger partial charge < -0.3 is 0 Å². The van der Waals surface area contributed by atoms with Crippen molar-refractivity contribution in [3.8, 4) is 0 Å². The predicted molar refractivity (Wildman–Crippen MR) is 98.2 cm³/mol. The second-order valence-corrected chi connectivity index (χ2v) is 8.92. The molecule has 0 heterocycles. The molecule has 0 unspecified atom stereocenters. The number of hydrogen-bond acceptors (Lipinski definition) is 2. The largest absolute Gasteiger partial charge is 0.332 e. The second-order valence-electron chi connectivity index (χ2n) is 5.42. The molecule has 0 saturated carbocycles. The van der Waals surface area contributed by atoms with Crippen LogP contribution in [0.15, 0.2) is 83.8 Å². The normalized spacial score (nSPS) is 11.6. The van der Waals surface area contributed by atoms with E-state index in [1.165, 1.54) is 6.07 Å². The second kappa shape index (κ2) is 6.84. The Morgan fingerprint density at radius 3 is 1.75 bits per heavy atom. The highest BCUT2D eigenvalue weighted by Gasteiger charge is 2.25. The lowest BCUT2D eigenvalue weighted by molar-refractivity contribution is 0.552. The molecule has 0 saturated heterocycles. The highest BCUT2D eigenvalue weighted by molar-refractivity contribution is 7.88. The number of halogens is 1. The van der Waals surface area contributed by atoms with Crippen LogP contribution in [-0.4, -0.2) is 8.42 Å². The Hall–Kier alpha value is -2.03. The molecule has 0 aromatic heterocycles. The number of hydrogen-bond donors (Lipinski definition) is 0. The predicted octanol–water partition coefficient (Wildman–Crippen LogP) is 3.41. The average molecular weight is 358 g/mol. The van der Waals surface area contributed by atoms with Crippen molar-refractivity contribution in [2.75, 3.05) is 0 Å². The molecule has 0 bridgehead atoms. The van der Waals surface area contributed by atoms with Gasteiger partial charge in [-0.1, -0.05) is 72.8 Å². The zero-order valence-corrected chi connectivity index (χ0v) is 14.8. The summed E-state index contributed by atoms with van der Waals surface area (Å²) in [6, 6.07) is 24.2. The van der Waals surface area contributed by atoms with Gasteiger partial charge in [-0.25, -0.2) is 0 Å². The van der Waals surface area contributed by atoms with Gasteiger partial charge in [-0.2, -0.15) is 8.42 Å². The smallest absolute Gasteiger partial charge is 0.189 e. The fourth-order valence-electron chi connectivity index (χ4n) is 2.58. The molecular weight excluding hydrogens is 342 g/mol. The van der Waals surface area contributed by atoms with E-state index in [2.05, 4.69) is 0 Å². The van der Waals surface area contributed by atoms with E-state index in [1.807, 2.05) is 66.7 Å². The first-order valence-electron chi connectivity index (χ1n) is 7.42. The van der Waals surface area contributed by atoms with Gasteiger partial charge in [-0.3, -0.25) is 0 Å². The lowest BCUT2D eigenvalue weighted by Gasteiger charge is -2.21. The maximum atomic E-state index is 13.9. The average Bonchev–Trinajstić information content (AvgIpc) is 2.57. The minimum atomic E-state index is -4.80. The molecule has 0 aliphatic heterocycles. The van der Waals surface area contributed by atoms with E-state index in [0.29, 0.717) is 10.9 Å². The Balaban J connectivity index is 2.29. The molecule has 0 N–H and O–H groups in total. The van der Waals surface area contributed by atoms with Crippen LogP contribution in [0.3, 0.4) is 0 Å². The fraction of sp³-hybridized carbons (Fsp3) is 0.0526. The van der Waals surface area contributed by atoms with Crippen LogP contribution >= 0.6 is 7.92 Å². The summed E-state index contributed by atoms with van der Waals surface area (Å²) in [5.74, 6) is 0. The van der Waals surface area contributed by atoms with Gasteiger partial charge in [0.15, 0.2) is 0 Å². The molecule has 0 fully saturated rings. The molecule has 0 aliphatic rings. The Morgan fingerprint density at radius 2 is 1.29 bits per heavy atom. The summed E-state index contributed by atoms with van der Waals surface area (Å²) in [5, 5.41) is 2.47. The van der Waals surface area contributed by atoms with E-state index in [-0.39, 0.29) is 4.90 Å². The lowest BCUT2D eigenvalue weighted by Crippen LogP contribution is -2.24. The molecule has 0 spiro atoms. The first-order valence-corrected chi connectivity index (χ1v) is 10.1. The van der Waals surface area contributed by atoms with Crippen LogP contribution in [0.2, 0.25) is 0 Å². The first kappa shape index (κ1) is 16.8. The van der Waals surface area contributed by atoms with Crippen LogP contribution in [0, 0.1) is 6.92 Å². The van der Waals surface area contributed by atoms with Crippen LogP contribution in [0.4, 0.5) is 3.89 Å². The van der Waals surface area contributed by atoms with Crippen LogP contribution < -0.4 is 15.9 Å². The molecule has 2 nitrogen and oxygen atoms in total. The van der Waals surface area contributed by atoms with E-state index in [0.717, 1.165) is 10.6 Å². The van der Waals surface area contributed by atoms with Crippen molar-refractivity contribution in [2.24, 2.45) is 0 Å². The standard InChI is InChI=1S/C19H16FO2PS/c1-15-12-13-18(19(14-15)24(20,21)22)23(16-8-4-2-5-9-16)17-10-6-3-7-11-17/h2-14H,1H3. The third-order valence-corrected chi connectivity index (χ3v) is 7.16. The van der Waals surface area contributed by atoms with Crippen LogP contribution in [0.1, 0.15) is 5.56 Å². The van der Waals surface area contributed by atoms with Crippen LogP contribution in [-0.2, 0) is 10.2 Å². The van der Waals surface area contributed by atoms with Crippen molar-refractivity contribution in [1.82, 2.24) is 0 Å². The number of aryl methyl sites for hydroxylation is 1.